The van der Waals surface area contributed by atoms with Gasteiger partial charge in [-0.05, 0) is 70.9 Å². The highest BCUT2D eigenvalue weighted by Crippen LogP contribution is 2.40. The van der Waals surface area contributed by atoms with Crippen LogP contribution in [0.5, 0.6) is 5.75 Å². The smallest absolute Gasteiger partial charge is 0.251 e. The Morgan fingerprint density at radius 3 is 2.60 bits per heavy atom. The van der Waals surface area contributed by atoms with Crippen LogP contribution in [0.4, 0.5) is 27.5 Å². The molecule has 2 aliphatic heterocycles. The van der Waals surface area contributed by atoms with E-state index in [1.54, 1.807) is 18.2 Å². The Hall–Kier alpha value is -4.07. The molecule has 1 aromatic carbocycles. The summed E-state index contributed by atoms with van der Waals surface area (Å²) >= 11 is 0. The van der Waals surface area contributed by atoms with Crippen LogP contribution in [0.2, 0.25) is 0 Å². The van der Waals surface area contributed by atoms with Gasteiger partial charge in [0.25, 0.3) is 5.91 Å². The third-order valence-corrected chi connectivity index (χ3v) is 8.34. The highest BCUT2D eigenvalue weighted by Gasteiger charge is 2.45. The Morgan fingerprint density at radius 1 is 1.21 bits per heavy atom. The largest absolute Gasteiger partial charge is 0.495 e. The fourth-order valence-electron chi connectivity index (χ4n) is 6.05. The molecule has 14 heteroatoms. The van der Waals surface area contributed by atoms with E-state index < -0.39 is 10.7 Å². The minimum Gasteiger partial charge on any atom is -0.495 e. The van der Waals surface area contributed by atoms with Crippen molar-refractivity contribution in [1.29, 1.82) is 0 Å². The molecule has 1 aromatic heterocycles. The van der Waals surface area contributed by atoms with Gasteiger partial charge in [0, 0.05) is 24.7 Å². The number of rotatable bonds is 7. The molecule has 1 saturated carbocycles. The normalized spacial score (nSPS) is 23.0. The lowest BCUT2D eigenvalue weighted by Gasteiger charge is -2.32. The molecule has 1 amide bonds. The minimum absolute atomic E-state index is 0.0295. The molecule has 3 heterocycles. The quantitative estimate of drug-likeness (QED) is 0.367. The van der Waals surface area contributed by atoms with Crippen molar-refractivity contribution in [1.82, 2.24) is 20.2 Å². The van der Waals surface area contributed by atoms with E-state index in [-0.39, 0.29) is 36.3 Å². The molecule has 5 rings (SSSR count). The maximum atomic E-state index is 16.1. The summed E-state index contributed by atoms with van der Waals surface area (Å²) in [5.41, 5.74) is -0.657. The first kappa shape index (κ1) is 29.4. The molecule has 42 heavy (non-hydrogen) atoms. The zero-order chi connectivity index (χ0) is 30.0. The summed E-state index contributed by atoms with van der Waals surface area (Å²) in [7, 11) is 5.13. The number of nitrogens with zero attached hydrogens (tertiary/aromatic N) is 7. The van der Waals surface area contributed by atoms with Gasteiger partial charge in [-0.25, -0.2) is 19.5 Å². The number of hydrogen-bond donors (Lipinski definition) is 2. The first-order valence-corrected chi connectivity index (χ1v) is 14.3. The number of nitro groups is 1. The predicted octanol–water partition coefficient (Wildman–Crippen LogP) is 3.57. The van der Waals surface area contributed by atoms with Gasteiger partial charge >= 0.3 is 0 Å². The second-order valence-electron chi connectivity index (χ2n) is 11.5. The molecular weight excluding hydrogens is 545 g/mol. The Labute approximate surface area is 244 Å². The standard InChI is InChI=1S/C28H38FN9O4/c1-28(29)17-37(20-7-5-6-8-20)24-22(36(3)26(28)34-38(40)41)16-30-27(33-24)32-21-10-9-18(15-23(21)42-4)25(39)31-19-11-13-35(2)14-12-19/h9-10,15-16,19-20H,5-8,11-14,17H2,1-4H3,(H,31,39)(H,30,32,33)/b34-26-. The lowest BCUT2D eigenvalue weighted by molar-refractivity contribution is -0.485. The average Bonchev–Trinajstić information content (AvgIpc) is 3.48. The van der Waals surface area contributed by atoms with Crippen molar-refractivity contribution in [3.63, 3.8) is 0 Å². The molecule has 3 aliphatic rings. The number of hydrazone groups is 1. The third-order valence-electron chi connectivity index (χ3n) is 8.34. The van der Waals surface area contributed by atoms with Crippen molar-refractivity contribution >= 4 is 34.9 Å². The number of nitrogens with one attached hydrogen (secondary N) is 2. The Kier molecular flexibility index (Phi) is 8.43. The second kappa shape index (κ2) is 12.0. The Morgan fingerprint density at radius 2 is 1.93 bits per heavy atom. The van der Waals surface area contributed by atoms with Crippen LogP contribution in [0.25, 0.3) is 0 Å². The highest BCUT2D eigenvalue weighted by atomic mass is 19.1. The van der Waals surface area contributed by atoms with E-state index in [0.717, 1.165) is 51.6 Å². The first-order valence-electron chi connectivity index (χ1n) is 14.3. The summed E-state index contributed by atoms with van der Waals surface area (Å²) in [6.45, 7) is 3.06. The van der Waals surface area contributed by atoms with E-state index in [1.807, 2.05) is 4.90 Å². The Balaban J connectivity index is 1.43. The number of anilines is 4. The van der Waals surface area contributed by atoms with Crippen LogP contribution in [0, 0.1) is 10.1 Å². The average molecular weight is 584 g/mol. The lowest BCUT2D eigenvalue weighted by atomic mass is 10.0. The number of piperidine rings is 1. The SMILES string of the molecule is COc1cc(C(=O)NC2CCN(C)CC2)ccc1Nc1ncc2c(n1)N(C1CCCC1)CC(C)(F)/C(=N/[N+](=O)[O-])N2C. The van der Waals surface area contributed by atoms with E-state index in [2.05, 4.69) is 32.7 Å². The summed E-state index contributed by atoms with van der Waals surface area (Å²) in [5, 5.41) is 20.1. The number of benzene rings is 1. The first-order chi connectivity index (χ1) is 20.1. The van der Waals surface area contributed by atoms with Crippen molar-refractivity contribution in [3.8, 4) is 5.75 Å². The number of carbonyl (C=O) groups is 1. The molecule has 0 spiro atoms. The predicted molar refractivity (Wildman–Crippen MR) is 158 cm³/mol. The molecule has 2 aromatic rings. The van der Waals surface area contributed by atoms with Gasteiger partial charge in [-0.1, -0.05) is 12.8 Å². The summed E-state index contributed by atoms with van der Waals surface area (Å²) in [5.74, 6) is 0.669. The van der Waals surface area contributed by atoms with Gasteiger partial charge in [0.15, 0.2) is 16.5 Å². The van der Waals surface area contributed by atoms with E-state index in [9.17, 15) is 14.9 Å². The van der Waals surface area contributed by atoms with Crippen molar-refractivity contribution < 1.29 is 19.0 Å². The summed E-state index contributed by atoms with van der Waals surface area (Å²) in [6.07, 6.45) is 7.07. The molecule has 2 N–H and O–H groups in total. The van der Waals surface area contributed by atoms with Crippen molar-refractivity contribution in [2.75, 3.05) is 56.0 Å². The van der Waals surface area contributed by atoms with Gasteiger partial charge in [0.1, 0.15) is 11.4 Å². The molecular formula is C28H38FN9O4. The fourth-order valence-corrected chi connectivity index (χ4v) is 6.05. The molecule has 1 unspecified atom stereocenters. The van der Waals surface area contributed by atoms with Crippen LogP contribution in [0.1, 0.15) is 55.8 Å². The lowest BCUT2D eigenvalue weighted by Crippen LogP contribution is -2.49. The number of amidine groups is 1. The van der Waals surface area contributed by atoms with Crippen LogP contribution in [0.3, 0.4) is 0 Å². The maximum Gasteiger partial charge on any atom is 0.251 e. The molecule has 1 atom stereocenters. The number of aromatic nitrogens is 2. The third kappa shape index (κ3) is 6.22. The maximum absolute atomic E-state index is 16.1. The number of fused-ring (bicyclic) bond motifs is 1. The van der Waals surface area contributed by atoms with Crippen LogP contribution in [-0.4, -0.2) is 90.2 Å². The molecule has 226 valence electrons. The van der Waals surface area contributed by atoms with E-state index >= 15 is 4.39 Å². The zero-order valence-corrected chi connectivity index (χ0v) is 24.5. The zero-order valence-electron chi connectivity index (χ0n) is 24.5. The summed E-state index contributed by atoms with van der Waals surface area (Å²) < 4.78 is 21.6. The van der Waals surface area contributed by atoms with E-state index in [1.165, 1.54) is 32.2 Å². The van der Waals surface area contributed by atoms with Gasteiger partial charge in [-0.15, -0.1) is 0 Å². The van der Waals surface area contributed by atoms with Gasteiger partial charge in [-0.2, -0.15) is 4.98 Å². The Bertz CT molecular complexity index is 1360. The second-order valence-corrected chi connectivity index (χ2v) is 11.5. The number of halogens is 1. The van der Waals surface area contributed by atoms with Gasteiger partial charge in [0.2, 0.25) is 11.8 Å². The van der Waals surface area contributed by atoms with Gasteiger partial charge < -0.3 is 30.1 Å². The van der Waals surface area contributed by atoms with Gasteiger partial charge in [-0.3, -0.25) is 4.79 Å². The van der Waals surface area contributed by atoms with Crippen LogP contribution >= 0.6 is 0 Å². The number of amides is 1. The van der Waals surface area contributed by atoms with Crippen LogP contribution in [0.15, 0.2) is 29.5 Å². The molecule has 1 saturated heterocycles. The highest BCUT2D eigenvalue weighted by molar-refractivity contribution is 6.06. The molecule has 0 bridgehead atoms. The van der Waals surface area contributed by atoms with E-state index in [0.29, 0.717) is 28.5 Å². The fraction of sp³-hybridized carbons (Fsp3) is 0.571. The molecule has 13 nitrogen and oxygen atoms in total. The number of hydrogen-bond acceptors (Lipinski definition) is 9. The number of carbonyl (C=O) groups excluding carboxylic acids is 1. The van der Waals surface area contributed by atoms with Crippen molar-refractivity contribution in [2.45, 2.75) is 63.2 Å². The van der Waals surface area contributed by atoms with Crippen LogP contribution < -0.4 is 25.2 Å². The molecule has 2 fully saturated rings. The summed E-state index contributed by atoms with van der Waals surface area (Å²) in [6, 6.07) is 5.28. The minimum atomic E-state index is -2.11. The number of alkyl halides is 1. The number of likely N-dealkylation sites (tertiary alicyclic amines) is 1. The van der Waals surface area contributed by atoms with E-state index in [4.69, 9.17) is 9.72 Å². The summed E-state index contributed by atoms with van der Waals surface area (Å²) in [4.78, 5) is 38.9. The number of methoxy groups -OCH3 is 1. The number of ether oxygens (including phenoxy) is 1. The molecule has 0 radical (unpaired) electrons. The van der Waals surface area contributed by atoms with Crippen LogP contribution in [-0.2, 0) is 0 Å². The monoisotopic (exact) mass is 583 g/mol. The van der Waals surface area contributed by atoms with Crippen molar-refractivity contribution in [3.05, 3.63) is 40.1 Å². The molecule has 1 aliphatic carbocycles. The van der Waals surface area contributed by atoms with Gasteiger partial charge in [0.05, 0.1) is 30.6 Å². The van der Waals surface area contributed by atoms with Crippen molar-refractivity contribution in [2.24, 2.45) is 5.10 Å². The topological polar surface area (TPSA) is 141 Å².